The molecule has 0 radical (unpaired) electrons. The Bertz CT molecular complexity index is 1200. The van der Waals surface area contributed by atoms with Gasteiger partial charge in [-0.15, -0.1) is 0 Å². The molecule has 0 aliphatic carbocycles. The van der Waals surface area contributed by atoms with Crippen LogP contribution in [0, 0.1) is 0 Å². The van der Waals surface area contributed by atoms with E-state index in [1.807, 2.05) is 41.1 Å². The Morgan fingerprint density at radius 1 is 1.03 bits per heavy atom. The second-order valence-corrected chi connectivity index (χ2v) is 7.92. The number of aliphatic hydroxyl groups is 1. The van der Waals surface area contributed by atoms with E-state index in [1.54, 1.807) is 30.7 Å². The number of fused-ring (bicyclic) bond motifs is 1. The third-order valence-electron chi connectivity index (χ3n) is 5.85. The zero-order valence-corrected chi connectivity index (χ0v) is 17.9. The fourth-order valence-corrected chi connectivity index (χ4v) is 4.28. The molecule has 0 unspecified atom stereocenters. The van der Waals surface area contributed by atoms with E-state index in [2.05, 4.69) is 4.98 Å². The minimum Gasteiger partial charge on any atom is -0.507 e. The summed E-state index contributed by atoms with van der Waals surface area (Å²) < 4.78 is 13.1. The van der Waals surface area contributed by atoms with Crippen LogP contribution in [0.3, 0.4) is 0 Å². The molecule has 168 valence electrons. The Balaban J connectivity index is 1.52. The van der Waals surface area contributed by atoms with Gasteiger partial charge in [0.1, 0.15) is 19.0 Å². The van der Waals surface area contributed by atoms with Crippen molar-refractivity contribution in [2.24, 2.45) is 0 Å². The average molecular weight is 445 g/mol. The summed E-state index contributed by atoms with van der Waals surface area (Å²) in [6.07, 6.45) is 5.90. The number of amides is 1. The summed E-state index contributed by atoms with van der Waals surface area (Å²) in [5.74, 6) is -0.461. The van der Waals surface area contributed by atoms with Crippen LogP contribution in [-0.2, 0) is 16.1 Å². The van der Waals surface area contributed by atoms with Gasteiger partial charge in [-0.05, 0) is 30.2 Å². The van der Waals surface area contributed by atoms with Gasteiger partial charge in [-0.2, -0.15) is 0 Å². The third kappa shape index (κ3) is 3.95. The number of Topliss-reactive ketones (excluding diaryl/α,β-unsaturated/α-hetero) is 1. The molecule has 3 heterocycles. The molecule has 1 N–H and O–H groups in total. The van der Waals surface area contributed by atoms with Gasteiger partial charge in [0, 0.05) is 31.0 Å². The van der Waals surface area contributed by atoms with Gasteiger partial charge in [-0.25, -0.2) is 4.98 Å². The van der Waals surface area contributed by atoms with Crippen molar-refractivity contribution < 1.29 is 24.2 Å². The van der Waals surface area contributed by atoms with Gasteiger partial charge in [0.05, 0.1) is 17.9 Å². The van der Waals surface area contributed by atoms with Gasteiger partial charge < -0.3 is 24.0 Å². The third-order valence-corrected chi connectivity index (χ3v) is 5.85. The first-order chi connectivity index (χ1) is 16.1. The van der Waals surface area contributed by atoms with Crippen LogP contribution in [0.15, 0.2) is 72.8 Å². The van der Waals surface area contributed by atoms with Crippen molar-refractivity contribution in [3.63, 3.8) is 0 Å². The minimum atomic E-state index is -0.695. The highest BCUT2D eigenvalue weighted by molar-refractivity contribution is 6.46. The molecule has 1 saturated heterocycles. The second kappa shape index (κ2) is 8.82. The number of hydrogen-bond acceptors (Lipinski definition) is 6. The molecule has 2 aliphatic rings. The van der Waals surface area contributed by atoms with Crippen LogP contribution in [0.5, 0.6) is 11.5 Å². The Labute approximate surface area is 190 Å². The summed E-state index contributed by atoms with van der Waals surface area (Å²) in [6, 6.07) is 13.6. The first kappa shape index (κ1) is 20.8. The Morgan fingerprint density at radius 2 is 1.82 bits per heavy atom. The number of benzene rings is 2. The Hall–Kier alpha value is -4.07. The number of carbonyl (C=O) groups excluding carboxylic acids is 2. The van der Waals surface area contributed by atoms with Crippen LogP contribution in [-0.4, -0.2) is 51.0 Å². The number of ether oxygens (including phenoxy) is 2. The summed E-state index contributed by atoms with van der Waals surface area (Å²) >= 11 is 0. The molecule has 2 aliphatic heterocycles. The quantitative estimate of drug-likeness (QED) is 0.356. The number of aryl methyl sites for hydroxylation is 1. The zero-order chi connectivity index (χ0) is 22.8. The molecule has 33 heavy (non-hydrogen) atoms. The summed E-state index contributed by atoms with van der Waals surface area (Å²) in [6.45, 7) is 1.88. The SMILES string of the molecule is O=C1C(=O)N(CCCn2ccnc2)[C@H](c2ccccc2)/C1=C(\O)c1ccc2c(c1)OCCO2. The van der Waals surface area contributed by atoms with E-state index in [0.717, 1.165) is 5.56 Å². The molecule has 0 spiro atoms. The maximum absolute atomic E-state index is 13.1. The zero-order valence-electron chi connectivity index (χ0n) is 17.9. The fraction of sp³-hybridized carbons (Fsp3) is 0.240. The lowest BCUT2D eigenvalue weighted by Gasteiger charge is -2.25. The maximum atomic E-state index is 13.1. The minimum absolute atomic E-state index is 0.0745. The molecule has 1 aromatic heterocycles. The molecule has 2 aromatic carbocycles. The smallest absolute Gasteiger partial charge is 0.295 e. The summed E-state index contributed by atoms with van der Waals surface area (Å²) in [4.78, 5) is 31.7. The van der Waals surface area contributed by atoms with E-state index in [4.69, 9.17) is 9.47 Å². The molecule has 5 rings (SSSR count). The van der Waals surface area contributed by atoms with Gasteiger partial charge in [-0.3, -0.25) is 9.59 Å². The maximum Gasteiger partial charge on any atom is 0.295 e. The second-order valence-electron chi connectivity index (χ2n) is 7.92. The summed E-state index contributed by atoms with van der Waals surface area (Å²) in [5, 5.41) is 11.2. The molecule has 8 heteroatoms. The highest BCUT2D eigenvalue weighted by atomic mass is 16.6. The van der Waals surface area contributed by atoms with Crippen LogP contribution in [0.2, 0.25) is 0 Å². The van der Waals surface area contributed by atoms with Crippen molar-refractivity contribution in [3.05, 3.63) is 84.0 Å². The van der Waals surface area contributed by atoms with Crippen molar-refractivity contribution in [3.8, 4) is 11.5 Å². The van der Waals surface area contributed by atoms with Crippen LogP contribution < -0.4 is 9.47 Å². The molecule has 8 nitrogen and oxygen atoms in total. The lowest BCUT2D eigenvalue weighted by molar-refractivity contribution is -0.139. The Morgan fingerprint density at radius 3 is 2.58 bits per heavy atom. The van der Waals surface area contributed by atoms with Gasteiger partial charge >= 0.3 is 0 Å². The molecular weight excluding hydrogens is 422 g/mol. The number of rotatable bonds is 6. The lowest BCUT2D eigenvalue weighted by Crippen LogP contribution is -2.31. The number of hydrogen-bond donors (Lipinski definition) is 1. The van der Waals surface area contributed by atoms with Crippen molar-refractivity contribution in [1.29, 1.82) is 0 Å². The predicted molar refractivity (Wildman–Crippen MR) is 120 cm³/mol. The van der Waals surface area contributed by atoms with Crippen molar-refractivity contribution in [2.75, 3.05) is 19.8 Å². The molecule has 1 amide bonds. The number of likely N-dealkylation sites (tertiary alicyclic amines) is 1. The largest absolute Gasteiger partial charge is 0.507 e. The van der Waals surface area contributed by atoms with E-state index in [0.29, 0.717) is 49.8 Å². The van der Waals surface area contributed by atoms with Gasteiger partial charge in [0.15, 0.2) is 11.5 Å². The molecular formula is C25H23N3O5. The van der Waals surface area contributed by atoms with E-state index < -0.39 is 17.7 Å². The van der Waals surface area contributed by atoms with Gasteiger partial charge in [0.25, 0.3) is 11.7 Å². The Kier molecular flexibility index (Phi) is 5.56. The van der Waals surface area contributed by atoms with Crippen LogP contribution in [0.1, 0.15) is 23.6 Å². The monoisotopic (exact) mass is 445 g/mol. The van der Waals surface area contributed by atoms with Crippen molar-refractivity contribution in [1.82, 2.24) is 14.5 Å². The molecule has 1 fully saturated rings. The predicted octanol–water partition coefficient (Wildman–Crippen LogP) is 3.17. The molecule has 3 aromatic rings. The number of nitrogens with zero attached hydrogens (tertiary/aromatic N) is 3. The molecule has 1 atom stereocenters. The number of ketones is 1. The van der Waals surface area contributed by atoms with E-state index in [-0.39, 0.29) is 11.3 Å². The standard InChI is InChI=1S/C25H23N3O5/c29-23(18-7-8-19-20(15-18)33-14-13-32-19)21-22(17-5-2-1-3-6-17)28(25(31)24(21)30)11-4-10-27-12-9-26-16-27/h1-3,5-9,12,15-16,22,29H,4,10-11,13-14H2/b23-21+/t22-/m1/s1. The highest BCUT2D eigenvalue weighted by Crippen LogP contribution is 2.41. The fourth-order valence-electron chi connectivity index (χ4n) is 4.28. The summed E-state index contributed by atoms with van der Waals surface area (Å²) in [7, 11) is 0. The molecule has 0 saturated carbocycles. The normalized spacial score (nSPS) is 19.2. The van der Waals surface area contributed by atoms with E-state index in [1.165, 1.54) is 4.90 Å². The topological polar surface area (TPSA) is 93.9 Å². The van der Waals surface area contributed by atoms with Gasteiger partial charge in [0.2, 0.25) is 0 Å². The first-order valence-corrected chi connectivity index (χ1v) is 10.8. The first-order valence-electron chi connectivity index (χ1n) is 10.8. The van der Waals surface area contributed by atoms with Crippen LogP contribution in [0.25, 0.3) is 5.76 Å². The number of imidazole rings is 1. The molecule has 0 bridgehead atoms. The van der Waals surface area contributed by atoms with E-state index in [9.17, 15) is 14.7 Å². The number of aromatic nitrogens is 2. The lowest BCUT2D eigenvalue weighted by atomic mass is 9.95. The number of carbonyl (C=O) groups is 2. The number of aliphatic hydroxyl groups excluding tert-OH is 1. The van der Waals surface area contributed by atoms with Crippen molar-refractivity contribution >= 4 is 17.4 Å². The highest BCUT2D eigenvalue weighted by Gasteiger charge is 2.45. The van der Waals surface area contributed by atoms with Gasteiger partial charge in [-0.1, -0.05) is 30.3 Å². The van der Waals surface area contributed by atoms with E-state index >= 15 is 0 Å². The van der Waals surface area contributed by atoms with Crippen LogP contribution >= 0.6 is 0 Å². The van der Waals surface area contributed by atoms with Crippen LogP contribution in [0.4, 0.5) is 0 Å². The van der Waals surface area contributed by atoms with Crippen molar-refractivity contribution in [2.45, 2.75) is 19.0 Å². The average Bonchev–Trinajstić information content (AvgIpc) is 3.46. The summed E-state index contributed by atoms with van der Waals surface area (Å²) in [5.41, 5.74) is 1.24.